The number of halogens is 1. The molecule has 1 amide bonds. The van der Waals surface area contributed by atoms with Crippen molar-refractivity contribution < 1.29 is 9.18 Å². The highest BCUT2D eigenvalue weighted by Gasteiger charge is 2.07. The van der Waals surface area contributed by atoms with Crippen molar-refractivity contribution in [3.8, 4) is 0 Å². The SMILES string of the molecule is CCC(C)SCCCC(=O)Nc1cc(N)ccc1F. The smallest absolute Gasteiger partial charge is 0.224 e. The predicted molar refractivity (Wildman–Crippen MR) is 80.9 cm³/mol. The quantitative estimate of drug-likeness (QED) is 0.593. The number of hydrogen-bond donors (Lipinski definition) is 2. The Morgan fingerprint density at radius 2 is 2.26 bits per heavy atom. The summed E-state index contributed by atoms with van der Waals surface area (Å²) in [7, 11) is 0. The van der Waals surface area contributed by atoms with Crippen LogP contribution < -0.4 is 11.1 Å². The van der Waals surface area contributed by atoms with Crippen molar-refractivity contribution in [1.82, 2.24) is 0 Å². The first-order chi connectivity index (χ1) is 9.02. The largest absolute Gasteiger partial charge is 0.399 e. The molecule has 1 atom stereocenters. The fourth-order valence-electron chi connectivity index (χ4n) is 1.49. The van der Waals surface area contributed by atoms with Crippen LogP contribution in [0.2, 0.25) is 0 Å². The molecule has 0 aliphatic carbocycles. The molecule has 1 rings (SSSR count). The Morgan fingerprint density at radius 1 is 1.53 bits per heavy atom. The van der Waals surface area contributed by atoms with Crippen molar-refractivity contribution in [2.45, 2.75) is 38.4 Å². The predicted octanol–water partition coefficient (Wildman–Crippen LogP) is 3.66. The van der Waals surface area contributed by atoms with Crippen molar-refractivity contribution in [1.29, 1.82) is 0 Å². The third-order valence-corrected chi connectivity index (χ3v) is 4.22. The van der Waals surface area contributed by atoms with E-state index in [1.807, 2.05) is 11.8 Å². The van der Waals surface area contributed by atoms with Gasteiger partial charge in [0, 0.05) is 17.4 Å². The van der Waals surface area contributed by atoms with Gasteiger partial charge in [0.15, 0.2) is 0 Å². The standard InChI is InChI=1S/C14H21FN2OS/c1-3-10(2)19-8-4-5-14(18)17-13-9-11(16)6-7-12(13)15/h6-7,9-10H,3-5,8,16H2,1-2H3,(H,17,18). The molecule has 19 heavy (non-hydrogen) atoms. The molecule has 3 nitrogen and oxygen atoms in total. The number of thioether (sulfide) groups is 1. The zero-order valence-corrected chi connectivity index (χ0v) is 12.2. The highest BCUT2D eigenvalue weighted by molar-refractivity contribution is 7.99. The Morgan fingerprint density at radius 3 is 2.95 bits per heavy atom. The fourth-order valence-corrected chi connectivity index (χ4v) is 2.44. The molecule has 0 fully saturated rings. The number of nitrogen functional groups attached to an aromatic ring is 1. The molecule has 0 saturated carbocycles. The van der Waals surface area contributed by atoms with Gasteiger partial charge >= 0.3 is 0 Å². The van der Waals surface area contributed by atoms with Crippen molar-refractivity contribution in [3.63, 3.8) is 0 Å². The van der Waals surface area contributed by atoms with Crippen LogP contribution >= 0.6 is 11.8 Å². The lowest BCUT2D eigenvalue weighted by Gasteiger charge is -2.09. The number of amides is 1. The lowest BCUT2D eigenvalue weighted by atomic mass is 10.2. The van der Waals surface area contributed by atoms with Crippen LogP contribution in [0, 0.1) is 5.82 Å². The highest BCUT2D eigenvalue weighted by Crippen LogP contribution is 2.18. The molecule has 0 bridgehead atoms. The maximum absolute atomic E-state index is 13.4. The van der Waals surface area contributed by atoms with Crippen LogP contribution in [0.25, 0.3) is 0 Å². The van der Waals surface area contributed by atoms with Gasteiger partial charge in [-0.2, -0.15) is 11.8 Å². The van der Waals surface area contributed by atoms with Gasteiger partial charge in [-0.15, -0.1) is 0 Å². The fraction of sp³-hybridized carbons (Fsp3) is 0.500. The number of carbonyl (C=O) groups is 1. The van der Waals surface area contributed by atoms with Crippen LogP contribution in [-0.4, -0.2) is 16.9 Å². The molecule has 5 heteroatoms. The van der Waals surface area contributed by atoms with E-state index in [1.54, 1.807) is 0 Å². The zero-order valence-electron chi connectivity index (χ0n) is 11.4. The van der Waals surface area contributed by atoms with Gasteiger partial charge in [0.2, 0.25) is 5.91 Å². The van der Waals surface area contributed by atoms with Gasteiger partial charge in [0.1, 0.15) is 5.82 Å². The Kier molecular flexibility index (Phi) is 6.70. The number of rotatable bonds is 7. The third kappa shape index (κ3) is 5.96. The maximum Gasteiger partial charge on any atom is 0.224 e. The normalized spacial score (nSPS) is 12.2. The van der Waals surface area contributed by atoms with E-state index >= 15 is 0 Å². The minimum atomic E-state index is -0.462. The Bertz CT molecular complexity index is 426. The van der Waals surface area contributed by atoms with Gasteiger partial charge in [-0.05, 0) is 36.8 Å². The molecule has 106 valence electrons. The molecule has 0 aromatic heterocycles. The number of anilines is 2. The van der Waals surface area contributed by atoms with Gasteiger partial charge in [0.05, 0.1) is 5.69 Å². The van der Waals surface area contributed by atoms with Crippen molar-refractivity contribution in [2.24, 2.45) is 0 Å². The monoisotopic (exact) mass is 284 g/mol. The van der Waals surface area contributed by atoms with E-state index in [1.165, 1.54) is 18.2 Å². The summed E-state index contributed by atoms with van der Waals surface area (Å²) >= 11 is 1.86. The minimum absolute atomic E-state index is 0.152. The van der Waals surface area contributed by atoms with Crippen LogP contribution in [0.15, 0.2) is 18.2 Å². The molecule has 0 heterocycles. The molecule has 0 radical (unpaired) electrons. The Hall–Kier alpha value is -1.23. The van der Waals surface area contributed by atoms with Crippen molar-refractivity contribution >= 4 is 29.0 Å². The van der Waals surface area contributed by atoms with Crippen molar-refractivity contribution in [2.75, 3.05) is 16.8 Å². The van der Waals surface area contributed by atoms with E-state index in [9.17, 15) is 9.18 Å². The lowest BCUT2D eigenvalue weighted by molar-refractivity contribution is -0.116. The second kappa shape index (κ2) is 8.04. The summed E-state index contributed by atoms with van der Waals surface area (Å²) in [6.45, 7) is 4.32. The molecule has 0 aliphatic rings. The van der Waals surface area contributed by atoms with Crippen LogP contribution in [0.3, 0.4) is 0 Å². The first-order valence-electron chi connectivity index (χ1n) is 6.49. The number of nitrogens with one attached hydrogen (secondary N) is 1. The maximum atomic E-state index is 13.4. The number of hydrogen-bond acceptors (Lipinski definition) is 3. The molecule has 0 spiro atoms. The number of carbonyl (C=O) groups excluding carboxylic acids is 1. The van der Waals surface area contributed by atoms with Crippen molar-refractivity contribution in [3.05, 3.63) is 24.0 Å². The van der Waals surface area contributed by atoms with Gasteiger partial charge in [-0.3, -0.25) is 4.79 Å². The molecular formula is C14H21FN2OS. The summed E-state index contributed by atoms with van der Waals surface area (Å²) in [5, 5.41) is 3.17. The van der Waals surface area contributed by atoms with E-state index < -0.39 is 5.82 Å². The van der Waals surface area contributed by atoms with Crippen LogP contribution in [0.4, 0.5) is 15.8 Å². The summed E-state index contributed by atoms with van der Waals surface area (Å²) < 4.78 is 13.4. The molecule has 3 N–H and O–H groups in total. The number of nitrogens with two attached hydrogens (primary N) is 1. The van der Waals surface area contributed by atoms with E-state index in [2.05, 4.69) is 19.2 Å². The van der Waals surface area contributed by atoms with E-state index in [4.69, 9.17) is 5.73 Å². The topological polar surface area (TPSA) is 55.1 Å². The molecule has 0 aliphatic heterocycles. The number of benzene rings is 1. The average Bonchev–Trinajstić information content (AvgIpc) is 2.38. The summed E-state index contributed by atoms with van der Waals surface area (Å²) in [6, 6.07) is 4.15. The summed E-state index contributed by atoms with van der Waals surface area (Å²) in [6.07, 6.45) is 2.33. The second-order valence-corrected chi connectivity index (χ2v) is 6.03. The van der Waals surface area contributed by atoms with Gasteiger partial charge in [-0.25, -0.2) is 4.39 Å². The highest BCUT2D eigenvalue weighted by atomic mass is 32.2. The molecule has 0 saturated heterocycles. The van der Waals surface area contributed by atoms with Gasteiger partial charge in [-0.1, -0.05) is 13.8 Å². The average molecular weight is 284 g/mol. The van der Waals surface area contributed by atoms with E-state index in [0.29, 0.717) is 17.4 Å². The van der Waals surface area contributed by atoms with Crippen LogP contribution in [0.5, 0.6) is 0 Å². The second-order valence-electron chi connectivity index (χ2n) is 4.48. The Balaban J connectivity index is 2.33. The molecule has 1 aromatic rings. The van der Waals surface area contributed by atoms with E-state index in [0.717, 1.165) is 18.6 Å². The minimum Gasteiger partial charge on any atom is -0.399 e. The van der Waals surface area contributed by atoms with Gasteiger partial charge in [0.25, 0.3) is 0 Å². The zero-order chi connectivity index (χ0) is 14.3. The molecule has 1 aromatic carbocycles. The first-order valence-corrected chi connectivity index (χ1v) is 7.54. The molecule has 1 unspecified atom stereocenters. The van der Waals surface area contributed by atoms with Gasteiger partial charge < -0.3 is 11.1 Å². The first kappa shape index (κ1) is 15.8. The summed E-state index contributed by atoms with van der Waals surface area (Å²) in [5.41, 5.74) is 6.14. The summed E-state index contributed by atoms with van der Waals surface area (Å²) in [4.78, 5) is 11.7. The Labute approximate surface area is 118 Å². The summed E-state index contributed by atoms with van der Waals surface area (Å²) in [5.74, 6) is 0.313. The third-order valence-electron chi connectivity index (χ3n) is 2.79. The molecular weight excluding hydrogens is 263 g/mol. The van der Waals surface area contributed by atoms with Crippen LogP contribution in [0.1, 0.15) is 33.1 Å². The lowest BCUT2D eigenvalue weighted by Crippen LogP contribution is -2.13. The van der Waals surface area contributed by atoms with E-state index in [-0.39, 0.29) is 11.6 Å². The van der Waals surface area contributed by atoms with Crippen LogP contribution in [-0.2, 0) is 4.79 Å².